The van der Waals surface area contributed by atoms with Gasteiger partial charge in [0.15, 0.2) is 0 Å². The predicted octanol–water partition coefficient (Wildman–Crippen LogP) is 2.66. The monoisotopic (exact) mass is 267 g/mol. The van der Waals surface area contributed by atoms with Crippen LogP contribution in [0.5, 0.6) is 0 Å². The van der Waals surface area contributed by atoms with E-state index in [4.69, 9.17) is 0 Å². The fourth-order valence-corrected chi connectivity index (χ4v) is 3.33. The molecule has 1 saturated heterocycles. The lowest BCUT2D eigenvalue weighted by Crippen LogP contribution is -2.40. The van der Waals surface area contributed by atoms with E-state index in [2.05, 4.69) is 36.0 Å². The maximum absolute atomic E-state index is 4.36. The van der Waals surface area contributed by atoms with Crippen molar-refractivity contribution in [2.75, 3.05) is 19.6 Å². The van der Waals surface area contributed by atoms with E-state index in [0.29, 0.717) is 6.04 Å². The summed E-state index contributed by atoms with van der Waals surface area (Å²) < 4.78 is 0. The van der Waals surface area contributed by atoms with Gasteiger partial charge >= 0.3 is 0 Å². The Morgan fingerprint density at radius 2 is 2.39 bits per heavy atom. The van der Waals surface area contributed by atoms with Crippen LogP contribution in [0.4, 0.5) is 0 Å². The molecule has 1 aliphatic heterocycles. The third-order valence-corrected chi connectivity index (χ3v) is 4.73. The largest absolute Gasteiger partial charge is 0.316 e. The summed E-state index contributed by atoms with van der Waals surface area (Å²) in [5, 5.41) is 3.51. The highest BCUT2D eigenvalue weighted by atomic mass is 32.1. The fourth-order valence-electron chi connectivity index (χ4n) is 2.53. The molecule has 102 valence electrons. The third-order valence-electron chi connectivity index (χ3n) is 3.81. The minimum atomic E-state index is 0.605. The molecule has 0 radical (unpaired) electrons. The van der Waals surface area contributed by atoms with E-state index >= 15 is 0 Å². The van der Waals surface area contributed by atoms with E-state index in [1.165, 1.54) is 43.0 Å². The fraction of sp³-hybridized carbons (Fsp3) is 0.786. The molecule has 1 aromatic heterocycles. The lowest BCUT2D eigenvalue weighted by atomic mass is 9.98. The Kier molecular flexibility index (Phi) is 5.15. The van der Waals surface area contributed by atoms with E-state index in [1.54, 1.807) is 11.3 Å². The van der Waals surface area contributed by atoms with E-state index in [-0.39, 0.29) is 0 Å². The standard InChI is InChI=1S/C14H25N3S/c1-11(2)17(8-13-5-4-6-15-7-13)9-14-12(3)16-10-18-14/h10-11,13,15H,4-9H2,1-3H3. The second-order valence-electron chi connectivity index (χ2n) is 5.60. The van der Waals surface area contributed by atoms with Crippen LogP contribution in [-0.2, 0) is 6.54 Å². The van der Waals surface area contributed by atoms with Gasteiger partial charge < -0.3 is 5.32 Å². The van der Waals surface area contributed by atoms with Crippen molar-refractivity contribution in [2.24, 2.45) is 5.92 Å². The van der Waals surface area contributed by atoms with Crippen LogP contribution in [-0.4, -0.2) is 35.6 Å². The second kappa shape index (κ2) is 6.64. The van der Waals surface area contributed by atoms with Gasteiger partial charge in [-0.25, -0.2) is 4.98 Å². The summed E-state index contributed by atoms with van der Waals surface area (Å²) in [5.41, 5.74) is 3.16. The molecule has 0 aliphatic carbocycles. The Hall–Kier alpha value is -0.450. The summed E-state index contributed by atoms with van der Waals surface area (Å²) in [7, 11) is 0. The normalized spacial score (nSPS) is 20.8. The maximum Gasteiger partial charge on any atom is 0.0798 e. The van der Waals surface area contributed by atoms with Crippen LogP contribution in [0.3, 0.4) is 0 Å². The van der Waals surface area contributed by atoms with Crippen LogP contribution in [0.25, 0.3) is 0 Å². The van der Waals surface area contributed by atoms with Crippen LogP contribution in [0.1, 0.15) is 37.3 Å². The number of nitrogens with one attached hydrogen (secondary N) is 1. The van der Waals surface area contributed by atoms with Gasteiger partial charge in [0.1, 0.15) is 0 Å². The quantitative estimate of drug-likeness (QED) is 0.889. The molecule has 0 spiro atoms. The third kappa shape index (κ3) is 3.77. The number of hydrogen-bond acceptors (Lipinski definition) is 4. The van der Waals surface area contributed by atoms with Crippen molar-refractivity contribution in [3.8, 4) is 0 Å². The van der Waals surface area contributed by atoms with Gasteiger partial charge in [0.05, 0.1) is 11.2 Å². The van der Waals surface area contributed by atoms with Crippen LogP contribution >= 0.6 is 11.3 Å². The summed E-state index contributed by atoms with van der Waals surface area (Å²) in [6, 6.07) is 0.605. The van der Waals surface area contributed by atoms with Crippen LogP contribution < -0.4 is 5.32 Å². The Morgan fingerprint density at radius 3 is 2.94 bits per heavy atom. The summed E-state index contributed by atoms with van der Waals surface area (Å²) >= 11 is 1.79. The van der Waals surface area contributed by atoms with Gasteiger partial charge in [-0.2, -0.15) is 0 Å². The number of thiazole rings is 1. The number of nitrogens with zero attached hydrogens (tertiary/aromatic N) is 2. The van der Waals surface area contributed by atoms with Crippen molar-refractivity contribution < 1.29 is 0 Å². The first-order chi connectivity index (χ1) is 8.66. The molecule has 1 aromatic rings. The van der Waals surface area contributed by atoms with Gasteiger partial charge in [-0.3, -0.25) is 4.90 Å². The van der Waals surface area contributed by atoms with Crippen LogP contribution in [0, 0.1) is 12.8 Å². The van der Waals surface area contributed by atoms with E-state index in [9.17, 15) is 0 Å². The van der Waals surface area contributed by atoms with Crippen molar-refractivity contribution in [1.82, 2.24) is 15.2 Å². The Labute approximate surface area is 115 Å². The van der Waals surface area contributed by atoms with Gasteiger partial charge in [-0.15, -0.1) is 11.3 Å². The molecule has 1 N–H and O–H groups in total. The second-order valence-corrected chi connectivity index (χ2v) is 6.54. The number of hydrogen-bond donors (Lipinski definition) is 1. The van der Waals surface area contributed by atoms with Crippen molar-refractivity contribution in [1.29, 1.82) is 0 Å². The lowest BCUT2D eigenvalue weighted by Gasteiger charge is -2.32. The number of aromatic nitrogens is 1. The molecule has 1 atom stereocenters. The first-order valence-corrected chi connectivity index (χ1v) is 7.88. The number of rotatable bonds is 5. The molecule has 4 heteroatoms. The molecule has 18 heavy (non-hydrogen) atoms. The van der Waals surface area contributed by atoms with Crippen molar-refractivity contribution in [2.45, 2.75) is 46.2 Å². The minimum absolute atomic E-state index is 0.605. The first kappa shape index (κ1) is 14.0. The molecule has 0 bridgehead atoms. The Bertz CT molecular complexity index is 356. The molecular formula is C14H25N3S. The van der Waals surface area contributed by atoms with Crippen LogP contribution in [0.2, 0.25) is 0 Å². The topological polar surface area (TPSA) is 28.2 Å². The van der Waals surface area contributed by atoms with Crippen molar-refractivity contribution >= 4 is 11.3 Å². The molecule has 1 unspecified atom stereocenters. The average Bonchev–Trinajstić information content (AvgIpc) is 2.75. The van der Waals surface area contributed by atoms with Gasteiger partial charge in [-0.1, -0.05) is 0 Å². The van der Waals surface area contributed by atoms with Gasteiger partial charge in [0, 0.05) is 24.0 Å². The molecule has 1 aliphatic rings. The Morgan fingerprint density at radius 1 is 1.56 bits per heavy atom. The van der Waals surface area contributed by atoms with Gasteiger partial charge in [0.25, 0.3) is 0 Å². The maximum atomic E-state index is 4.36. The zero-order valence-electron chi connectivity index (χ0n) is 11.8. The summed E-state index contributed by atoms with van der Waals surface area (Å²) in [4.78, 5) is 8.37. The van der Waals surface area contributed by atoms with Crippen LogP contribution in [0.15, 0.2) is 5.51 Å². The number of piperidine rings is 1. The predicted molar refractivity (Wildman–Crippen MR) is 78.0 cm³/mol. The molecule has 2 heterocycles. The van der Waals surface area contributed by atoms with E-state index < -0.39 is 0 Å². The minimum Gasteiger partial charge on any atom is -0.316 e. The van der Waals surface area contributed by atoms with E-state index in [0.717, 1.165) is 12.5 Å². The lowest BCUT2D eigenvalue weighted by molar-refractivity contribution is 0.165. The summed E-state index contributed by atoms with van der Waals surface area (Å²) in [5.74, 6) is 0.814. The molecule has 0 saturated carbocycles. The molecular weight excluding hydrogens is 242 g/mol. The zero-order valence-corrected chi connectivity index (χ0v) is 12.6. The van der Waals surface area contributed by atoms with Gasteiger partial charge in [-0.05, 0) is 52.6 Å². The SMILES string of the molecule is Cc1ncsc1CN(CC1CCCNC1)C(C)C. The molecule has 0 aromatic carbocycles. The average molecular weight is 267 g/mol. The molecule has 2 rings (SSSR count). The molecule has 3 nitrogen and oxygen atoms in total. The summed E-state index contributed by atoms with van der Waals surface area (Å²) in [6.07, 6.45) is 2.70. The highest BCUT2D eigenvalue weighted by molar-refractivity contribution is 7.09. The first-order valence-electron chi connectivity index (χ1n) is 7.00. The van der Waals surface area contributed by atoms with Crippen molar-refractivity contribution in [3.63, 3.8) is 0 Å². The number of aryl methyl sites for hydroxylation is 1. The van der Waals surface area contributed by atoms with E-state index in [1.807, 2.05) is 5.51 Å². The Balaban J connectivity index is 1.93. The van der Waals surface area contributed by atoms with Gasteiger partial charge in [0.2, 0.25) is 0 Å². The highest BCUT2D eigenvalue weighted by Gasteiger charge is 2.20. The molecule has 0 amide bonds. The smallest absolute Gasteiger partial charge is 0.0798 e. The van der Waals surface area contributed by atoms with Crippen molar-refractivity contribution in [3.05, 3.63) is 16.1 Å². The molecule has 1 fully saturated rings. The summed E-state index contributed by atoms with van der Waals surface area (Å²) in [6.45, 7) is 11.4. The zero-order chi connectivity index (χ0) is 13.0. The highest BCUT2D eigenvalue weighted by Crippen LogP contribution is 2.19.